The lowest BCUT2D eigenvalue weighted by Crippen LogP contribution is -1.97. The Balaban J connectivity index is 2.70. The number of carboxylic acids is 1. The van der Waals surface area contributed by atoms with Crippen LogP contribution in [0.2, 0.25) is 0 Å². The van der Waals surface area contributed by atoms with Crippen molar-refractivity contribution < 1.29 is 14.7 Å². The Hall–Kier alpha value is -1.58. The molecular weight excluding hydrogens is 170 g/mol. The smallest absolute Gasteiger partial charge is 0.303 e. The molecule has 0 aromatic carbocycles. The topological polar surface area (TPSA) is 70.2 Å². The van der Waals surface area contributed by atoms with Crippen LogP contribution in [0, 0.1) is 6.92 Å². The number of aromatic amines is 1. The van der Waals surface area contributed by atoms with Crippen molar-refractivity contribution in [1.82, 2.24) is 4.98 Å². The highest BCUT2D eigenvalue weighted by atomic mass is 16.4. The van der Waals surface area contributed by atoms with Gasteiger partial charge in [-0.2, -0.15) is 0 Å². The molecule has 0 fully saturated rings. The van der Waals surface area contributed by atoms with E-state index >= 15 is 0 Å². The van der Waals surface area contributed by atoms with E-state index in [-0.39, 0.29) is 6.42 Å². The van der Waals surface area contributed by atoms with Gasteiger partial charge in [-0.3, -0.25) is 9.59 Å². The molecule has 0 aliphatic rings. The maximum atomic E-state index is 10.4. The molecule has 1 aromatic heterocycles. The third kappa shape index (κ3) is 2.43. The van der Waals surface area contributed by atoms with Gasteiger partial charge in [-0.25, -0.2) is 0 Å². The van der Waals surface area contributed by atoms with E-state index in [4.69, 9.17) is 5.11 Å². The van der Waals surface area contributed by atoms with E-state index in [9.17, 15) is 9.59 Å². The van der Waals surface area contributed by atoms with Crippen molar-refractivity contribution >= 4 is 12.3 Å². The average Bonchev–Trinajstić information content (AvgIpc) is 2.43. The van der Waals surface area contributed by atoms with Gasteiger partial charge in [0.2, 0.25) is 0 Å². The van der Waals surface area contributed by atoms with E-state index in [1.54, 1.807) is 6.07 Å². The number of carboxylic acid groups (broad SMARTS) is 1. The maximum Gasteiger partial charge on any atom is 0.303 e. The van der Waals surface area contributed by atoms with E-state index < -0.39 is 5.97 Å². The predicted molar refractivity (Wildman–Crippen MR) is 46.9 cm³/mol. The van der Waals surface area contributed by atoms with Crippen molar-refractivity contribution in [3.8, 4) is 0 Å². The van der Waals surface area contributed by atoms with Gasteiger partial charge in [0.15, 0.2) is 6.29 Å². The Bertz CT molecular complexity index is 328. The highest BCUT2D eigenvalue weighted by Gasteiger charge is 2.05. The van der Waals surface area contributed by atoms with Gasteiger partial charge in [0, 0.05) is 12.1 Å². The molecule has 0 saturated heterocycles. The van der Waals surface area contributed by atoms with Gasteiger partial charge in [0.05, 0.1) is 5.69 Å². The normalized spacial score (nSPS) is 9.92. The van der Waals surface area contributed by atoms with E-state index in [1.165, 1.54) is 0 Å². The first-order valence-electron chi connectivity index (χ1n) is 3.99. The number of carbonyl (C=O) groups excluding carboxylic acids is 1. The van der Waals surface area contributed by atoms with Crippen molar-refractivity contribution in [1.29, 1.82) is 0 Å². The first-order valence-corrected chi connectivity index (χ1v) is 3.99. The fourth-order valence-electron chi connectivity index (χ4n) is 1.19. The Labute approximate surface area is 75.6 Å². The molecular formula is C9H11NO3. The quantitative estimate of drug-likeness (QED) is 0.684. The molecule has 0 bridgehead atoms. The summed E-state index contributed by atoms with van der Waals surface area (Å²) in [5.74, 6) is -0.826. The summed E-state index contributed by atoms with van der Waals surface area (Å²) in [6.45, 7) is 1.82. The van der Waals surface area contributed by atoms with Crippen LogP contribution < -0.4 is 0 Å². The molecule has 4 nitrogen and oxygen atoms in total. The van der Waals surface area contributed by atoms with Crippen molar-refractivity contribution in [2.24, 2.45) is 0 Å². The van der Waals surface area contributed by atoms with Crippen molar-refractivity contribution in [3.63, 3.8) is 0 Å². The number of carbonyl (C=O) groups is 2. The third-order valence-electron chi connectivity index (χ3n) is 1.88. The SMILES string of the molecule is Cc1[nH]c(C=O)cc1CCC(=O)O. The van der Waals surface area contributed by atoms with Crippen LogP contribution in [-0.2, 0) is 11.2 Å². The molecule has 4 heteroatoms. The monoisotopic (exact) mass is 181 g/mol. The molecule has 2 N–H and O–H groups in total. The molecule has 1 aromatic rings. The molecule has 1 rings (SSSR count). The van der Waals surface area contributed by atoms with Gasteiger partial charge < -0.3 is 10.1 Å². The number of aromatic nitrogens is 1. The summed E-state index contributed by atoms with van der Waals surface area (Å²) in [5, 5.41) is 8.45. The average molecular weight is 181 g/mol. The van der Waals surface area contributed by atoms with E-state index in [0.29, 0.717) is 12.1 Å². The first kappa shape index (κ1) is 9.51. The number of hydrogen-bond donors (Lipinski definition) is 2. The number of rotatable bonds is 4. The van der Waals surface area contributed by atoms with Crippen LogP contribution in [0.1, 0.15) is 28.2 Å². The summed E-state index contributed by atoms with van der Waals surface area (Å²) in [5.41, 5.74) is 2.26. The third-order valence-corrected chi connectivity index (χ3v) is 1.88. The number of aldehydes is 1. The van der Waals surface area contributed by atoms with Crippen LogP contribution >= 0.6 is 0 Å². The summed E-state index contributed by atoms with van der Waals surface area (Å²) >= 11 is 0. The molecule has 0 radical (unpaired) electrons. The fraction of sp³-hybridized carbons (Fsp3) is 0.333. The fourth-order valence-corrected chi connectivity index (χ4v) is 1.19. The van der Waals surface area contributed by atoms with Crippen LogP contribution in [0.3, 0.4) is 0 Å². The number of aryl methyl sites for hydroxylation is 2. The zero-order chi connectivity index (χ0) is 9.84. The summed E-state index contributed by atoms with van der Waals surface area (Å²) in [4.78, 5) is 23.5. The minimum absolute atomic E-state index is 0.0942. The van der Waals surface area contributed by atoms with Gasteiger partial charge in [0.25, 0.3) is 0 Å². The van der Waals surface area contributed by atoms with Crippen molar-refractivity contribution in [2.45, 2.75) is 19.8 Å². The summed E-state index contributed by atoms with van der Waals surface area (Å²) < 4.78 is 0. The van der Waals surface area contributed by atoms with Crippen LogP contribution in [0.25, 0.3) is 0 Å². The molecule has 70 valence electrons. The highest BCUT2D eigenvalue weighted by Crippen LogP contribution is 2.10. The molecule has 0 aliphatic carbocycles. The number of H-pyrrole nitrogens is 1. The standard InChI is InChI=1S/C9H11NO3/c1-6-7(2-3-9(12)13)4-8(5-11)10-6/h4-5,10H,2-3H2,1H3,(H,12,13). The lowest BCUT2D eigenvalue weighted by Gasteiger charge is -1.94. The van der Waals surface area contributed by atoms with E-state index in [1.807, 2.05) is 6.92 Å². The second kappa shape index (κ2) is 3.89. The molecule has 0 aliphatic heterocycles. The molecule has 0 amide bonds. The van der Waals surface area contributed by atoms with Crippen LogP contribution in [0.15, 0.2) is 6.07 Å². The second-order valence-electron chi connectivity index (χ2n) is 2.89. The predicted octanol–water partition coefficient (Wildman–Crippen LogP) is 1.15. The summed E-state index contributed by atoms with van der Waals surface area (Å²) in [7, 11) is 0. The van der Waals surface area contributed by atoms with E-state index in [2.05, 4.69) is 4.98 Å². The minimum Gasteiger partial charge on any atom is -0.481 e. The second-order valence-corrected chi connectivity index (χ2v) is 2.89. The molecule has 0 saturated carbocycles. The highest BCUT2D eigenvalue weighted by molar-refractivity contribution is 5.73. The Kier molecular flexibility index (Phi) is 2.84. The number of aliphatic carboxylic acids is 1. The molecule has 1 heterocycles. The molecule has 13 heavy (non-hydrogen) atoms. The molecule has 0 atom stereocenters. The zero-order valence-electron chi connectivity index (χ0n) is 7.33. The van der Waals surface area contributed by atoms with Crippen LogP contribution in [0.5, 0.6) is 0 Å². The Morgan fingerprint density at radius 3 is 2.85 bits per heavy atom. The number of hydrogen-bond acceptors (Lipinski definition) is 2. The largest absolute Gasteiger partial charge is 0.481 e. The zero-order valence-corrected chi connectivity index (χ0v) is 7.33. The van der Waals surface area contributed by atoms with Crippen LogP contribution in [-0.4, -0.2) is 22.3 Å². The summed E-state index contributed by atoms with van der Waals surface area (Å²) in [6, 6.07) is 1.69. The van der Waals surface area contributed by atoms with Gasteiger partial charge in [0.1, 0.15) is 0 Å². The lowest BCUT2D eigenvalue weighted by atomic mass is 10.1. The number of nitrogens with one attached hydrogen (secondary N) is 1. The van der Waals surface area contributed by atoms with Gasteiger partial charge in [-0.15, -0.1) is 0 Å². The maximum absolute atomic E-state index is 10.4. The van der Waals surface area contributed by atoms with Gasteiger partial charge >= 0.3 is 5.97 Å². The minimum atomic E-state index is -0.826. The molecule has 0 spiro atoms. The first-order chi connectivity index (χ1) is 6.13. The van der Waals surface area contributed by atoms with Gasteiger partial charge in [-0.1, -0.05) is 0 Å². The molecule has 0 unspecified atom stereocenters. The van der Waals surface area contributed by atoms with Crippen LogP contribution in [0.4, 0.5) is 0 Å². The van der Waals surface area contributed by atoms with Crippen molar-refractivity contribution in [2.75, 3.05) is 0 Å². The van der Waals surface area contributed by atoms with Gasteiger partial charge in [-0.05, 0) is 25.0 Å². The summed E-state index contributed by atoms with van der Waals surface area (Å²) in [6.07, 6.45) is 1.28. The Morgan fingerprint density at radius 1 is 1.69 bits per heavy atom. The van der Waals surface area contributed by atoms with E-state index in [0.717, 1.165) is 17.5 Å². The lowest BCUT2D eigenvalue weighted by molar-refractivity contribution is -0.136. The Morgan fingerprint density at radius 2 is 2.38 bits per heavy atom. The van der Waals surface area contributed by atoms with Crippen molar-refractivity contribution in [3.05, 3.63) is 23.0 Å².